The molecule has 0 spiro atoms. The first-order valence-corrected chi connectivity index (χ1v) is 10.1. The Hall–Kier alpha value is -2.54. The summed E-state index contributed by atoms with van der Waals surface area (Å²) in [5.74, 6) is -0.763. The number of aliphatic imine (C=N–C) groups is 1. The van der Waals surface area contributed by atoms with E-state index in [1.807, 2.05) is 12.4 Å². The second-order valence-corrected chi connectivity index (χ2v) is 7.49. The van der Waals surface area contributed by atoms with Gasteiger partial charge in [-0.15, -0.1) is 0 Å². The number of rotatable bonds is 6. The van der Waals surface area contributed by atoms with Crippen molar-refractivity contribution >= 4 is 5.96 Å². The third-order valence-electron chi connectivity index (χ3n) is 5.37. The molecule has 7 heteroatoms. The van der Waals surface area contributed by atoms with E-state index in [-0.39, 0.29) is 0 Å². The molecule has 29 heavy (non-hydrogen) atoms. The van der Waals surface area contributed by atoms with E-state index in [1.54, 1.807) is 13.1 Å². The van der Waals surface area contributed by atoms with Gasteiger partial charge in [-0.05, 0) is 61.1 Å². The first-order valence-electron chi connectivity index (χ1n) is 10.1. The lowest BCUT2D eigenvalue weighted by atomic mass is 10.0. The number of aromatic nitrogens is 1. The number of nitrogens with zero attached hydrogens (tertiary/aromatic N) is 3. The van der Waals surface area contributed by atoms with Crippen LogP contribution in [-0.2, 0) is 13.0 Å². The van der Waals surface area contributed by atoms with E-state index in [2.05, 4.69) is 38.5 Å². The lowest BCUT2D eigenvalue weighted by Crippen LogP contribution is -2.48. The van der Waals surface area contributed by atoms with E-state index in [1.165, 1.54) is 23.3 Å². The molecule has 0 unspecified atom stereocenters. The van der Waals surface area contributed by atoms with Crippen LogP contribution < -0.4 is 10.6 Å². The van der Waals surface area contributed by atoms with Gasteiger partial charge in [0, 0.05) is 51.7 Å². The average Bonchev–Trinajstić information content (AvgIpc) is 2.72. The average molecular weight is 402 g/mol. The van der Waals surface area contributed by atoms with Crippen LogP contribution in [0.25, 0.3) is 0 Å². The van der Waals surface area contributed by atoms with Crippen LogP contribution in [0.15, 0.2) is 41.7 Å². The maximum Gasteiger partial charge on any atom is 0.191 e. The molecule has 0 atom stereocenters. The van der Waals surface area contributed by atoms with Gasteiger partial charge in [-0.3, -0.25) is 14.9 Å². The monoisotopic (exact) mass is 401 g/mol. The standard InChI is InChI=1S/C22H29F2N5/c1-16-14-26-9-5-18(16)6-10-27-22(25-2)28-19-7-11-29(12-8-19)15-17-3-4-20(23)21(24)13-17/h3-5,9,13-14,19H,6-8,10-12,15H2,1-2H3,(H2,25,27,28). The van der Waals surface area contributed by atoms with Gasteiger partial charge >= 0.3 is 0 Å². The van der Waals surface area contributed by atoms with Crippen molar-refractivity contribution in [3.8, 4) is 0 Å². The molecule has 0 bridgehead atoms. The van der Waals surface area contributed by atoms with Gasteiger partial charge < -0.3 is 10.6 Å². The fourth-order valence-corrected chi connectivity index (χ4v) is 3.62. The normalized spacial score (nSPS) is 16.1. The molecule has 0 aliphatic carbocycles. The predicted octanol–water partition coefficient (Wildman–Crippen LogP) is 3.04. The fraction of sp³-hybridized carbons (Fsp3) is 0.455. The number of guanidine groups is 1. The highest BCUT2D eigenvalue weighted by molar-refractivity contribution is 5.79. The van der Waals surface area contributed by atoms with Crippen LogP contribution in [0.3, 0.4) is 0 Å². The SMILES string of the molecule is CN=C(NCCc1ccncc1C)NC1CCN(Cc2ccc(F)c(F)c2)CC1. The molecule has 1 fully saturated rings. The topological polar surface area (TPSA) is 52.6 Å². The van der Waals surface area contributed by atoms with Crippen LogP contribution >= 0.6 is 0 Å². The Morgan fingerprint density at radius 1 is 1.21 bits per heavy atom. The van der Waals surface area contributed by atoms with Crippen molar-refractivity contribution < 1.29 is 8.78 Å². The zero-order valence-electron chi connectivity index (χ0n) is 17.1. The number of benzene rings is 1. The summed E-state index contributed by atoms with van der Waals surface area (Å²) in [7, 11) is 1.78. The number of nitrogens with one attached hydrogen (secondary N) is 2. The quantitative estimate of drug-likeness (QED) is 0.577. The van der Waals surface area contributed by atoms with Crippen molar-refractivity contribution in [3.05, 3.63) is 65.0 Å². The zero-order valence-corrected chi connectivity index (χ0v) is 17.1. The fourth-order valence-electron chi connectivity index (χ4n) is 3.62. The molecule has 1 saturated heterocycles. The van der Waals surface area contributed by atoms with Crippen LogP contribution in [0.1, 0.15) is 29.5 Å². The van der Waals surface area contributed by atoms with E-state index in [4.69, 9.17) is 0 Å². The Kier molecular flexibility index (Phi) is 7.52. The van der Waals surface area contributed by atoms with Gasteiger partial charge in [0.1, 0.15) is 0 Å². The highest BCUT2D eigenvalue weighted by atomic mass is 19.2. The Bertz CT molecular complexity index is 832. The number of halogens is 2. The van der Waals surface area contributed by atoms with E-state index >= 15 is 0 Å². The van der Waals surface area contributed by atoms with Crippen molar-refractivity contribution in [2.45, 2.75) is 38.8 Å². The summed E-state index contributed by atoms with van der Waals surface area (Å²) < 4.78 is 26.5. The van der Waals surface area contributed by atoms with Gasteiger partial charge in [0.05, 0.1) is 0 Å². The molecule has 0 radical (unpaired) electrons. The molecule has 3 rings (SSSR count). The number of aryl methyl sites for hydroxylation is 1. The summed E-state index contributed by atoms with van der Waals surface area (Å²) >= 11 is 0. The van der Waals surface area contributed by atoms with Gasteiger partial charge in [-0.25, -0.2) is 8.78 Å². The number of hydrogen-bond acceptors (Lipinski definition) is 3. The van der Waals surface area contributed by atoms with Crippen molar-refractivity contribution in [1.82, 2.24) is 20.5 Å². The van der Waals surface area contributed by atoms with Crippen molar-refractivity contribution in [3.63, 3.8) is 0 Å². The predicted molar refractivity (Wildman–Crippen MR) is 112 cm³/mol. The Morgan fingerprint density at radius 3 is 2.69 bits per heavy atom. The van der Waals surface area contributed by atoms with Crippen LogP contribution in [0.5, 0.6) is 0 Å². The number of piperidine rings is 1. The zero-order chi connectivity index (χ0) is 20.6. The third kappa shape index (κ3) is 6.22. The number of likely N-dealkylation sites (tertiary alicyclic amines) is 1. The van der Waals surface area contributed by atoms with Gasteiger partial charge in [0.15, 0.2) is 17.6 Å². The summed E-state index contributed by atoms with van der Waals surface area (Å²) in [6.07, 6.45) is 6.59. The second-order valence-electron chi connectivity index (χ2n) is 7.49. The Balaban J connectivity index is 1.40. The minimum atomic E-state index is -0.797. The largest absolute Gasteiger partial charge is 0.356 e. The van der Waals surface area contributed by atoms with Crippen LogP contribution in [-0.4, -0.2) is 48.6 Å². The summed E-state index contributed by atoms with van der Waals surface area (Å²) in [6, 6.07) is 6.54. The van der Waals surface area contributed by atoms with Gasteiger partial charge in [0.2, 0.25) is 0 Å². The first-order chi connectivity index (χ1) is 14.0. The minimum Gasteiger partial charge on any atom is -0.356 e. The molecule has 2 heterocycles. The lowest BCUT2D eigenvalue weighted by Gasteiger charge is -2.33. The molecular formula is C22H29F2N5. The van der Waals surface area contributed by atoms with Crippen LogP contribution in [0, 0.1) is 18.6 Å². The Labute approximate surface area is 171 Å². The van der Waals surface area contributed by atoms with E-state index < -0.39 is 11.6 Å². The molecule has 2 aromatic rings. The minimum absolute atomic E-state index is 0.352. The van der Waals surface area contributed by atoms with Crippen LogP contribution in [0.4, 0.5) is 8.78 Å². The van der Waals surface area contributed by atoms with E-state index in [9.17, 15) is 8.78 Å². The summed E-state index contributed by atoms with van der Waals surface area (Å²) in [4.78, 5) is 10.7. The van der Waals surface area contributed by atoms with E-state index in [0.29, 0.717) is 12.6 Å². The molecule has 2 N–H and O–H groups in total. The van der Waals surface area contributed by atoms with E-state index in [0.717, 1.165) is 50.4 Å². The molecule has 156 valence electrons. The smallest absolute Gasteiger partial charge is 0.191 e. The highest BCUT2D eigenvalue weighted by Crippen LogP contribution is 2.16. The molecule has 1 aliphatic rings. The molecule has 5 nitrogen and oxygen atoms in total. The molecule has 1 aliphatic heterocycles. The molecular weight excluding hydrogens is 372 g/mol. The van der Waals surface area contributed by atoms with Gasteiger partial charge in [-0.2, -0.15) is 0 Å². The van der Waals surface area contributed by atoms with Crippen LogP contribution in [0.2, 0.25) is 0 Å². The molecule has 0 saturated carbocycles. The maximum absolute atomic E-state index is 13.4. The third-order valence-corrected chi connectivity index (χ3v) is 5.37. The van der Waals surface area contributed by atoms with Crippen molar-refractivity contribution in [2.75, 3.05) is 26.7 Å². The van der Waals surface area contributed by atoms with Gasteiger partial charge in [0.25, 0.3) is 0 Å². The lowest BCUT2D eigenvalue weighted by molar-refractivity contribution is 0.198. The summed E-state index contributed by atoms with van der Waals surface area (Å²) in [5.41, 5.74) is 3.29. The molecule has 1 aromatic heterocycles. The Morgan fingerprint density at radius 2 is 2.00 bits per heavy atom. The first kappa shape index (κ1) is 21.2. The van der Waals surface area contributed by atoms with Gasteiger partial charge in [-0.1, -0.05) is 6.07 Å². The maximum atomic E-state index is 13.4. The summed E-state index contributed by atoms with van der Waals surface area (Å²) in [5, 5.41) is 6.88. The highest BCUT2D eigenvalue weighted by Gasteiger charge is 2.20. The number of hydrogen-bond donors (Lipinski definition) is 2. The second kappa shape index (κ2) is 10.3. The van der Waals surface area contributed by atoms with Crippen molar-refractivity contribution in [1.29, 1.82) is 0 Å². The summed E-state index contributed by atoms with van der Waals surface area (Å²) in [6.45, 7) is 5.33. The number of pyridine rings is 1. The van der Waals surface area contributed by atoms with Crippen molar-refractivity contribution in [2.24, 2.45) is 4.99 Å². The molecule has 1 aromatic carbocycles. The molecule has 0 amide bonds.